The molecule has 1 aromatic heterocycles. The first-order valence-corrected chi connectivity index (χ1v) is 8.60. The van der Waals surface area contributed by atoms with E-state index in [0.717, 1.165) is 4.90 Å². The molecule has 1 unspecified atom stereocenters. The van der Waals surface area contributed by atoms with Crippen LogP contribution in [0.25, 0.3) is 11.5 Å². The van der Waals surface area contributed by atoms with Gasteiger partial charge in [0.2, 0.25) is 5.89 Å². The quantitative estimate of drug-likeness (QED) is 0.766. The Labute approximate surface area is 141 Å². The summed E-state index contributed by atoms with van der Waals surface area (Å²) in [4.78, 5) is 16.0. The summed E-state index contributed by atoms with van der Waals surface area (Å²) in [6, 6.07) is 15.5. The van der Waals surface area contributed by atoms with Crippen LogP contribution in [-0.4, -0.2) is 20.3 Å². The van der Waals surface area contributed by atoms with E-state index in [0.29, 0.717) is 22.9 Å². The summed E-state index contributed by atoms with van der Waals surface area (Å²) >= 11 is 0. The number of carbonyl (C=O) groups is 1. The highest BCUT2D eigenvalue weighted by Crippen LogP contribution is 2.24. The number of benzene rings is 2. The average molecular weight is 341 g/mol. The van der Waals surface area contributed by atoms with E-state index in [-0.39, 0.29) is 11.3 Å². The van der Waals surface area contributed by atoms with Gasteiger partial charge in [0.25, 0.3) is 0 Å². The van der Waals surface area contributed by atoms with E-state index in [9.17, 15) is 9.00 Å². The van der Waals surface area contributed by atoms with Crippen molar-refractivity contribution >= 4 is 16.8 Å². The number of carboxylic acids is 1. The lowest BCUT2D eigenvalue weighted by Crippen LogP contribution is -1.98. The second-order valence-corrected chi connectivity index (χ2v) is 6.66. The highest BCUT2D eigenvalue weighted by molar-refractivity contribution is 7.84. The van der Waals surface area contributed by atoms with Crippen LogP contribution in [0.5, 0.6) is 0 Å². The molecule has 2 aromatic carbocycles. The van der Waals surface area contributed by atoms with Crippen molar-refractivity contribution in [3.63, 3.8) is 0 Å². The van der Waals surface area contributed by atoms with E-state index in [2.05, 4.69) is 4.98 Å². The molecule has 0 aliphatic carbocycles. The molecule has 0 saturated carbocycles. The van der Waals surface area contributed by atoms with Crippen LogP contribution in [0.1, 0.15) is 21.8 Å². The maximum Gasteiger partial charge on any atom is 0.335 e. The molecule has 0 radical (unpaired) electrons. The van der Waals surface area contributed by atoms with Crippen molar-refractivity contribution < 1.29 is 18.5 Å². The molecule has 6 heteroatoms. The molecular formula is C18H15NO4S. The summed E-state index contributed by atoms with van der Waals surface area (Å²) in [5.74, 6) is 0.289. The molecule has 0 aliphatic rings. The summed E-state index contributed by atoms with van der Waals surface area (Å²) in [5, 5.41) is 8.93. The largest absolute Gasteiger partial charge is 0.478 e. The lowest BCUT2D eigenvalue weighted by molar-refractivity contribution is 0.0697. The molecule has 1 N–H and O–H groups in total. The molecule has 0 saturated heterocycles. The van der Waals surface area contributed by atoms with E-state index in [4.69, 9.17) is 9.52 Å². The number of nitrogens with zero attached hydrogens (tertiary/aromatic N) is 1. The highest BCUT2D eigenvalue weighted by Gasteiger charge is 2.15. The molecule has 5 nitrogen and oxygen atoms in total. The fourth-order valence-electron chi connectivity index (χ4n) is 2.22. The van der Waals surface area contributed by atoms with Gasteiger partial charge in [0, 0.05) is 10.5 Å². The standard InChI is InChI=1S/C18H15NO4S/c1-12-16(11-24(22)15-5-3-2-4-6-15)19-17(23-12)13-7-9-14(10-8-13)18(20)21/h2-10H,11H2,1H3,(H,20,21). The van der Waals surface area contributed by atoms with Crippen LogP contribution < -0.4 is 0 Å². The van der Waals surface area contributed by atoms with Crippen LogP contribution in [0.15, 0.2) is 63.9 Å². The number of carboxylic acid groups (broad SMARTS) is 1. The molecule has 3 rings (SSSR count). The van der Waals surface area contributed by atoms with Gasteiger partial charge in [-0.3, -0.25) is 4.21 Å². The van der Waals surface area contributed by atoms with Crippen molar-refractivity contribution in [3.8, 4) is 11.5 Å². The third-order valence-corrected chi connectivity index (χ3v) is 4.88. The Morgan fingerprint density at radius 2 is 1.79 bits per heavy atom. The van der Waals surface area contributed by atoms with Crippen molar-refractivity contribution in [1.82, 2.24) is 4.98 Å². The summed E-state index contributed by atoms with van der Waals surface area (Å²) in [6.07, 6.45) is 0. The molecule has 0 fully saturated rings. The lowest BCUT2D eigenvalue weighted by atomic mass is 10.1. The fraction of sp³-hybridized carbons (Fsp3) is 0.111. The smallest absolute Gasteiger partial charge is 0.335 e. The van der Waals surface area contributed by atoms with E-state index in [1.807, 2.05) is 30.3 Å². The van der Waals surface area contributed by atoms with Crippen LogP contribution in [0.2, 0.25) is 0 Å². The molecule has 1 heterocycles. The van der Waals surface area contributed by atoms with Crippen molar-refractivity contribution in [2.45, 2.75) is 17.6 Å². The molecule has 122 valence electrons. The van der Waals surface area contributed by atoms with Crippen LogP contribution in [0.3, 0.4) is 0 Å². The van der Waals surface area contributed by atoms with Gasteiger partial charge in [0.05, 0.1) is 27.8 Å². The minimum absolute atomic E-state index is 0.201. The maximum atomic E-state index is 12.4. The zero-order valence-corrected chi connectivity index (χ0v) is 13.7. The third-order valence-electron chi connectivity index (χ3n) is 3.55. The summed E-state index contributed by atoms with van der Waals surface area (Å²) in [5.41, 5.74) is 1.52. The Balaban J connectivity index is 1.82. The number of oxazole rings is 1. The molecule has 0 spiro atoms. The van der Waals surface area contributed by atoms with Crippen LogP contribution in [0, 0.1) is 6.92 Å². The lowest BCUT2D eigenvalue weighted by Gasteiger charge is -1.99. The van der Waals surface area contributed by atoms with Gasteiger partial charge in [-0.25, -0.2) is 9.78 Å². The second-order valence-electron chi connectivity index (χ2n) is 5.21. The first-order chi connectivity index (χ1) is 11.5. The van der Waals surface area contributed by atoms with Gasteiger partial charge in [0.1, 0.15) is 5.76 Å². The predicted molar refractivity (Wildman–Crippen MR) is 90.2 cm³/mol. The van der Waals surface area contributed by atoms with E-state index < -0.39 is 16.8 Å². The zero-order valence-electron chi connectivity index (χ0n) is 12.9. The maximum absolute atomic E-state index is 12.4. The van der Waals surface area contributed by atoms with Crippen LogP contribution in [0.4, 0.5) is 0 Å². The van der Waals surface area contributed by atoms with Crippen LogP contribution >= 0.6 is 0 Å². The van der Waals surface area contributed by atoms with Gasteiger partial charge < -0.3 is 9.52 Å². The predicted octanol–water partition coefficient (Wildman–Crippen LogP) is 3.66. The molecule has 0 bridgehead atoms. The van der Waals surface area contributed by atoms with Crippen molar-refractivity contribution in [2.24, 2.45) is 0 Å². The normalized spacial score (nSPS) is 12.0. The van der Waals surface area contributed by atoms with Gasteiger partial charge in [-0.05, 0) is 43.3 Å². The molecular weight excluding hydrogens is 326 g/mol. The minimum Gasteiger partial charge on any atom is -0.478 e. The number of hydrogen-bond donors (Lipinski definition) is 1. The highest BCUT2D eigenvalue weighted by atomic mass is 32.2. The number of aryl methyl sites for hydroxylation is 1. The SMILES string of the molecule is Cc1oc(-c2ccc(C(=O)O)cc2)nc1CS(=O)c1ccccc1. The topological polar surface area (TPSA) is 80.4 Å². The van der Waals surface area contributed by atoms with Crippen molar-refractivity contribution in [2.75, 3.05) is 0 Å². The van der Waals surface area contributed by atoms with Gasteiger partial charge in [-0.15, -0.1) is 0 Å². The monoisotopic (exact) mass is 341 g/mol. The molecule has 1 atom stereocenters. The van der Waals surface area contributed by atoms with Gasteiger partial charge in [-0.1, -0.05) is 18.2 Å². The Bertz CT molecular complexity index is 885. The Kier molecular flexibility index (Phi) is 4.57. The number of rotatable bonds is 5. The minimum atomic E-state index is -1.20. The summed E-state index contributed by atoms with van der Waals surface area (Å²) in [7, 11) is -1.20. The second kappa shape index (κ2) is 6.80. The number of aromatic nitrogens is 1. The van der Waals surface area contributed by atoms with E-state index >= 15 is 0 Å². The molecule has 3 aromatic rings. The Morgan fingerprint density at radius 3 is 2.42 bits per heavy atom. The first-order valence-electron chi connectivity index (χ1n) is 7.28. The first kappa shape index (κ1) is 16.1. The van der Waals surface area contributed by atoms with Crippen LogP contribution in [-0.2, 0) is 16.6 Å². The van der Waals surface area contributed by atoms with Crippen molar-refractivity contribution in [1.29, 1.82) is 0 Å². The van der Waals surface area contributed by atoms with Gasteiger partial charge in [-0.2, -0.15) is 0 Å². The number of hydrogen-bond acceptors (Lipinski definition) is 4. The molecule has 0 aliphatic heterocycles. The third kappa shape index (κ3) is 3.44. The summed E-state index contributed by atoms with van der Waals surface area (Å²) < 4.78 is 18.0. The zero-order chi connectivity index (χ0) is 17.1. The molecule has 24 heavy (non-hydrogen) atoms. The fourth-order valence-corrected chi connectivity index (χ4v) is 3.36. The summed E-state index contributed by atoms with van der Waals surface area (Å²) in [6.45, 7) is 1.78. The Hall–Kier alpha value is -2.73. The average Bonchev–Trinajstić information content (AvgIpc) is 2.96. The molecule has 0 amide bonds. The van der Waals surface area contributed by atoms with Crippen molar-refractivity contribution in [3.05, 3.63) is 71.6 Å². The van der Waals surface area contributed by atoms with Gasteiger partial charge >= 0.3 is 5.97 Å². The van der Waals surface area contributed by atoms with E-state index in [1.165, 1.54) is 12.1 Å². The Morgan fingerprint density at radius 1 is 1.12 bits per heavy atom. The van der Waals surface area contributed by atoms with Gasteiger partial charge in [0.15, 0.2) is 0 Å². The van der Waals surface area contributed by atoms with E-state index in [1.54, 1.807) is 19.1 Å². The number of aromatic carboxylic acids is 1.